The van der Waals surface area contributed by atoms with Crippen LogP contribution in [0.3, 0.4) is 0 Å². The molecule has 1 saturated carbocycles. The van der Waals surface area contributed by atoms with Crippen LogP contribution in [0.5, 0.6) is 0 Å². The fraction of sp³-hybridized carbons (Fsp3) is 0.941. The Balaban J connectivity index is 2.44. The Labute approximate surface area is 124 Å². The molecule has 0 heterocycles. The Morgan fingerprint density at radius 2 is 1.95 bits per heavy atom. The minimum absolute atomic E-state index is 0.100. The second kappa shape index (κ2) is 7.44. The first-order valence-corrected chi connectivity index (χ1v) is 8.06. The van der Waals surface area contributed by atoms with Crippen molar-refractivity contribution in [1.29, 1.82) is 0 Å². The molecule has 1 rings (SSSR count). The van der Waals surface area contributed by atoms with Crippen molar-refractivity contribution >= 4 is 5.97 Å². The van der Waals surface area contributed by atoms with Gasteiger partial charge in [0.15, 0.2) is 6.79 Å². The van der Waals surface area contributed by atoms with Crippen molar-refractivity contribution in [3.8, 4) is 0 Å². The standard InChI is InChI=1S/C17H32O3/c1-7-17(5,6)16(18)20-11-19-15-10-13(4)8-9-14(15)12(2)3/h12-15H,7-11H2,1-6H3. The third-order valence-corrected chi connectivity index (χ3v) is 4.87. The predicted molar refractivity (Wildman–Crippen MR) is 81.2 cm³/mol. The van der Waals surface area contributed by atoms with Crippen molar-refractivity contribution in [2.45, 2.75) is 73.3 Å². The van der Waals surface area contributed by atoms with Gasteiger partial charge in [-0.3, -0.25) is 4.79 Å². The maximum absolute atomic E-state index is 11.9. The normalized spacial score (nSPS) is 27.6. The van der Waals surface area contributed by atoms with Crippen molar-refractivity contribution in [2.75, 3.05) is 6.79 Å². The molecule has 0 radical (unpaired) electrons. The lowest BCUT2D eigenvalue weighted by Gasteiger charge is -2.37. The topological polar surface area (TPSA) is 35.5 Å². The van der Waals surface area contributed by atoms with Gasteiger partial charge in [0.05, 0.1) is 11.5 Å². The van der Waals surface area contributed by atoms with Crippen LogP contribution in [-0.4, -0.2) is 18.9 Å². The highest BCUT2D eigenvalue weighted by Crippen LogP contribution is 2.35. The summed E-state index contributed by atoms with van der Waals surface area (Å²) in [5.41, 5.74) is -0.416. The van der Waals surface area contributed by atoms with Gasteiger partial charge in [0.25, 0.3) is 0 Å². The zero-order valence-corrected chi connectivity index (χ0v) is 14.1. The lowest BCUT2D eigenvalue weighted by atomic mass is 9.75. The molecule has 0 aliphatic heterocycles. The van der Waals surface area contributed by atoms with Gasteiger partial charge in [-0.2, -0.15) is 0 Å². The molecule has 1 aliphatic carbocycles. The predicted octanol–water partition coefficient (Wildman–Crippen LogP) is 4.40. The quantitative estimate of drug-likeness (QED) is 0.535. The average Bonchev–Trinajstić information content (AvgIpc) is 2.38. The van der Waals surface area contributed by atoms with Crippen LogP contribution in [0.15, 0.2) is 0 Å². The Bertz CT molecular complexity index is 309. The van der Waals surface area contributed by atoms with Gasteiger partial charge in [-0.1, -0.05) is 34.1 Å². The third-order valence-electron chi connectivity index (χ3n) is 4.87. The molecule has 3 heteroatoms. The Hall–Kier alpha value is -0.570. The van der Waals surface area contributed by atoms with E-state index < -0.39 is 5.41 Å². The molecule has 3 unspecified atom stereocenters. The fourth-order valence-corrected chi connectivity index (χ4v) is 2.82. The number of hydrogen-bond donors (Lipinski definition) is 0. The number of carbonyl (C=O) groups excluding carboxylic acids is 1. The van der Waals surface area contributed by atoms with E-state index in [4.69, 9.17) is 9.47 Å². The van der Waals surface area contributed by atoms with E-state index in [2.05, 4.69) is 20.8 Å². The van der Waals surface area contributed by atoms with Gasteiger partial charge in [-0.05, 0) is 50.9 Å². The van der Waals surface area contributed by atoms with Crippen LogP contribution in [0.25, 0.3) is 0 Å². The summed E-state index contributed by atoms with van der Waals surface area (Å²) in [6.07, 6.45) is 4.60. The highest BCUT2D eigenvalue weighted by atomic mass is 16.7. The first-order valence-electron chi connectivity index (χ1n) is 8.06. The minimum Gasteiger partial charge on any atom is -0.438 e. The highest BCUT2D eigenvalue weighted by Gasteiger charge is 2.32. The van der Waals surface area contributed by atoms with E-state index in [-0.39, 0.29) is 18.9 Å². The van der Waals surface area contributed by atoms with Crippen LogP contribution in [0, 0.1) is 23.2 Å². The van der Waals surface area contributed by atoms with E-state index in [1.807, 2.05) is 20.8 Å². The number of ether oxygens (including phenoxy) is 2. The van der Waals surface area contributed by atoms with Crippen LogP contribution < -0.4 is 0 Å². The molecule has 0 bridgehead atoms. The Morgan fingerprint density at radius 3 is 2.50 bits per heavy atom. The van der Waals surface area contributed by atoms with Crippen molar-refractivity contribution in [2.24, 2.45) is 23.2 Å². The van der Waals surface area contributed by atoms with Gasteiger partial charge in [0.2, 0.25) is 0 Å². The van der Waals surface area contributed by atoms with E-state index in [1.165, 1.54) is 12.8 Å². The summed E-state index contributed by atoms with van der Waals surface area (Å²) in [5.74, 6) is 1.75. The molecule has 0 N–H and O–H groups in total. The molecule has 0 amide bonds. The summed E-state index contributed by atoms with van der Waals surface area (Å²) < 4.78 is 11.2. The lowest BCUT2D eigenvalue weighted by Crippen LogP contribution is -2.36. The summed E-state index contributed by atoms with van der Waals surface area (Å²) in [6, 6.07) is 0. The number of carbonyl (C=O) groups is 1. The molecule has 3 nitrogen and oxygen atoms in total. The molecule has 20 heavy (non-hydrogen) atoms. The molecule has 1 aliphatic rings. The minimum atomic E-state index is -0.416. The second-order valence-electron chi connectivity index (χ2n) is 7.32. The smallest absolute Gasteiger partial charge is 0.313 e. The SMILES string of the molecule is CCC(C)(C)C(=O)OCOC1CC(C)CCC1C(C)C. The van der Waals surface area contributed by atoms with Crippen LogP contribution in [0.4, 0.5) is 0 Å². The molecule has 118 valence electrons. The van der Waals surface area contributed by atoms with Crippen LogP contribution >= 0.6 is 0 Å². The van der Waals surface area contributed by atoms with Gasteiger partial charge < -0.3 is 9.47 Å². The van der Waals surface area contributed by atoms with E-state index >= 15 is 0 Å². The van der Waals surface area contributed by atoms with Gasteiger partial charge in [-0.25, -0.2) is 0 Å². The fourth-order valence-electron chi connectivity index (χ4n) is 2.82. The van der Waals surface area contributed by atoms with Crippen LogP contribution in [0.2, 0.25) is 0 Å². The van der Waals surface area contributed by atoms with Crippen LogP contribution in [-0.2, 0) is 14.3 Å². The summed E-state index contributed by atoms with van der Waals surface area (Å²) >= 11 is 0. The molecule has 0 aromatic carbocycles. The summed E-state index contributed by atoms with van der Waals surface area (Å²) in [5, 5.41) is 0. The zero-order valence-electron chi connectivity index (χ0n) is 14.1. The molecule has 0 aromatic heterocycles. The average molecular weight is 284 g/mol. The number of hydrogen-bond acceptors (Lipinski definition) is 3. The number of esters is 1. The summed E-state index contributed by atoms with van der Waals surface area (Å²) in [7, 11) is 0. The summed E-state index contributed by atoms with van der Waals surface area (Å²) in [4.78, 5) is 11.9. The van der Waals surface area contributed by atoms with E-state index in [0.717, 1.165) is 12.8 Å². The van der Waals surface area contributed by atoms with Gasteiger partial charge in [-0.15, -0.1) is 0 Å². The largest absolute Gasteiger partial charge is 0.438 e. The Kier molecular flexibility index (Phi) is 6.50. The first kappa shape index (κ1) is 17.5. The van der Waals surface area contributed by atoms with Gasteiger partial charge >= 0.3 is 5.97 Å². The zero-order chi connectivity index (χ0) is 15.3. The van der Waals surface area contributed by atoms with Gasteiger partial charge in [0.1, 0.15) is 0 Å². The number of rotatable bonds is 6. The molecular weight excluding hydrogens is 252 g/mol. The maximum atomic E-state index is 11.9. The molecule has 0 saturated heterocycles. The maximum Gasteiger partial charge on any atom is 0.313 e. The molecular formula is C17H32O3. The van der Waals surface area contributed by atoms with E-state index in [0.29, 0.717) is 17.8 Å². The van der Waals surface area contributed by atoms with E-state index in [1.54, 1.807) is 0 Å². The lowest BCUT2D eigenvalue weighted by molar-refractivity contribution is -0.177. The highest BCUT2D eigenvalue weighted by molar-refractivity contribution is 5.75. The molecule has 3 atom stereocenters. The van der Waals surface area contributed by atoms with E-state index in [9.17, 15) is 4.79 Å². The Morgan fingerprint density at radius 1 is 1.30 bits per heavy atom. The third kappa shape index (κ3) is 4.76. The molecule has 0 spiro atoms. The molecule has 0 aromatic rings. The molecule has 1 fully saturated rings. The second-order valence-corrected chi connectivity index (χ2v) is 7.32. The first-order chi connectivity index (χ1) is 9.27. The van der Waals surface area contributed by atoms with Crippen LogP contribution in [0.1, 0.15) is 67.2 Å². The van der Waals surface area contributed by atoms with Crippen molar-refractivity contribution < 1.29 is 14.3 Å². The van der Waals surface area contributed by atoms with Crippen molar-refractivity contribution in [1.82, 2.24) is 0 Å². The summed E-state index contributed by atoms with van der Waals surface area (Å²) in [6.45, 7) is 12.7. The van der Waals surface area contributed by atoms with Crippen molar-refractivity contribution in [3.05, 3.63) is 0 Å². The van der Waals surface area contributed by atoms with Crippen molar-refractivity contribution in [3.63, 3.8) is 0 Å². The van der Waals surface area contributed by atoms with Gasteiger partial charge in [0, 0.05) is 0 Å². The monoisotopic (exact) mass is 284 g/mol.